The molecule has 0 amide bonds. The molecule has 0 atom stereocenters. The summed E-state index contributed by atoms with van der Waals surface area (Å²) in [5, 5.41) is 0.608. The van der Waals surface area contributed by atoms with Gasteiger partial charge in [0.25, 0.3) is 0 Å². The lowest BCUT2D eigenvalue weighted by Crippen LogP contribution is -1.95. The summed E-state index contributed by atoms with van der Waals surface area (Å²) in [4.78, 5) is 13.3. The minimum atomic E-state index is 0.0469. The first-order valence-corrected chi connectivity index (χ1v) is 6.60. The molecule has 2 nitrogen and oxygen atoms in total. The van der Waals surface area contributed by atoms with Gasteiger partial charge < -0.3 is 5.73 Å². The van der Waals surface area contributed by atoms with Crippen molar-refractivity contribution in [2.75, 3.05) is 5.73 Å². The van der Waals surface area contributed by atoms with Crippen LogP contribution < -0.4 is 5.73 Å². The molecule has 2 N–H and O–H groups in total. The molecule has 0 heterocycles. The SMILES string of the molecule is CC(=O)c1ccccc1Sc1ccc(Cl)cc1N. The zero-order valence-corrected chi connectivity index (χ0v) is 11.4. The quantitative estimate of drug-likeness (QED) is 0.673. The van der Waals surface area contributed by atoms with Crippen LogP contribution in [0.4, 0.5) is 5.69 Å². The van der Waals surface area contributed by atoms with E-state index in [4.69, 9.17) is 17.3 Å². The van der Waals surface area contributed by atoms with Gasteiger partial charge in [-0.05, 0) is 31.2 Å². The van der Waals surface area contributed by atoms with E-state index in [0.29, 0.717) is 16.3 Å². The maximum Gasteiger partial charge on any atom is 0.160 e. The van der Waals surface area contributed by atoms with Crippen molar-refractivity contribution in [3.63, 3.8) is 0 Å². The summed E-state index contributed by atoms with van der Waals surface area (Å²) in [5.41, 5.74) is 7.23. The Hall–Kier alpha value is -1.45. The average molecular weight is 278 g/mol. The van der Waals surface area contributed by atoms with Crippen LogP contribution in [0, 0.1) is 0 Å². The van der Waals surface area contributed by atoms with Crippen LogP contribution in [0.1, 0.15) is 17.3 Å². The summed E-state index contributed by atoms with van der Waals surface area (Å²) >= 11 is 7.33. The monoisotopic (exact) mass is 277 g/mol. The highest BCUT2D eigenvalue weighted by Gasteiger charge is 2.09. The third-order valence-electron chi connectivity index (χ3n) is 2.46. The van der Waals surface area contributed by atoms with Gasteiger partial charge in [-0.2, -0.15) is 0 Å². The third kappa shape index (κ3) is 2.86. The summed E-state index contributed by atoms with van der Waals surface area (Å²) in [6.45, 7) is 1.56. The van der Waals surface area contributed by atoms with Crippen LogP contribution in [0.15, 0.2) is 52.3 Å². The van der Waals surface area contributed by atoms with Gasteiger partial charge >= 0.3 is 0 Å². The van der Waals surface area contributed by atoms with Crippen LogP contribution in [0.3, 0.4) is 0 Å². The Kier molecular flexibility index (Phi) is 3.94. The molecule has 0 radical (unpaired) electrons. The van der Waals surface area contributed by atoms with Crippen molar-refractivity contribution in [1.29, 1.82) is 0 Å². The van der Waals surface area contributed by atoms with Gasteiger partial charge in [-0.3, -0.25) is 4.79 Å². The molecule has 0 fully saturated rings. The van der Waals surface area contributed by atoms with E-state index in [-0.39, 0.29) is 5.78 Å². The second kappa shape index (κ2) is 5.46. The molecular weight excluding hydrogens is 266 g/mol. The minimum absolute atomic E-state index is 0.0469. The second-order valence-corrected chi connectivity index (χ2v) is 5.36. The van der Waals surface area contributed by atoms with Gasteiger partial charge in [0.15, 0.2) is 5.78 Å². The Bertz CT molecular complexity index is 598. The fourth-order valence-corrected chi connectivity index (χ4v) is 2.78. The van der Waals surface area contributed by atoms with Crippen molar-refractivity contribution in [2.24, 2.45) is 0 Å². The predicted molar refractivity (Wildman–Crippen MR) is 76.4 cm³/mol. The van der Waals surface area contributed by atoms with Crippen molar-refractivity contribution in [3.8, 4) is 0 Å². The van der Waals surface area contributed by atoms with E-state index in [1.807, 2.05) is 30.3 Å². The molecule has 0 saturated carbocycles. The summed E-state index contributed by atoms with van der Waals surface area (Å²) in [6.07, 6.45) is 0. The van der Waals surface area contributed by atoms with Crippen LogP contribution in [-0.4, -0.2) is 5.78 Å². The standard InChI is InChI=1S/C14H12ClNOS/c1-9(17)11-4-2-3-5-13(11)18-14-7-6-10(15)8-12(14)16/h2-8H,16H2,1H3. The first kappa shape index (κ1) is 13.0. The Morgan fingerprint density at radius 2 is 1.89 bits per heavy atom. The number of Topliss-reactive ketones (excluding diaryl/α,β-unsaturated/α-hetero) is 1. The molecule has 0 aliphatic carbocycles. The lowest BCUT2D eigenvalue weighted by molar-refractivity contribution is 0.101. The molecule has 4 heteroatoms. The molecule has 2 aromatic carbocycles. The second-order valence-electron chi connectivity index (χ2n) is 3.84. The van der Waals surface area contributed by atoms with Crippen LogP contribution in [0.25, 0.3) is 0 Å². The number of ketones is 1. The Morgan fingerprint density at radius 1 is 1.17 bits per heavy atom. The molecule has 2 aromatic rings. The Balaban J connectivity index is 2.37. The van der Waals surface area contributed by atoms with E-state index in [2.05, 4.69) is 0 Å². The maximum atomic E-state index is 11.5. The number of anilines is 1. The number of carbonyl (C=O) groups is 1. The molecule has 0 unspecified atom stereocenters. The zero-order valence-electron chi connectivity index (χ0n) is 9.81. The largest absolute Gasteiger partial charge is 0.398 e. The molecule has 0 aliphatic heterocycles. The minimum Gasteiger partial charge on any atom is -0.398 e. The smallest absolute Gasteiger partial charge is 0.160 e. The van der Waals surface area contributed by atoms with Crippen LogP contribution in [0.2, 0.25) is 5.02 Å². The molecule has 18 heavy (non-hydrogen) atoms. The number of rotatable bonds is 3. The van der Waals surface area contributed by atoms with E-state index in [1.54, 1.807) is 19.1 Å². The average Bonchev–Trinajstić information content (AvgIpc) is 2.33. The number of halogens is 1. The Morgan fingerprint density at radius 3 is 2.56 bits per heavy atom. The van der Waals surface area contributed by atoms with Gasteiger partial charge in [0, 0.05) is 26.1 Å². The first-order chi connectivity index (χ1) is 8.58. The van der Waals surface area contributed by atoms with Gasteiger partial charge in [-0.1, -0.05) is 41.6 Å². The van der Waals surface area contributed by atoms with Crippen LogP contribution >= 0.6 is 23.4 Å². The van der Waals surface area contributed by atoms with Crippen molar-refractivity contribution in [3.05, 3.63) is 53.1 Å². The van der Waals surface area contributed by atoms with Crippen molar-refractivity contribution in [1.82, 2.24) is 0 Å². The molecule has 92 valence electrons. The van der Waals surface area contributed by atoms with Gasteiger partial charge in [0.1, 0.15) is 0 Å². The zero-order chi connectivity index (χ0) is 13.1. The topological polar surface area (TPSA) is 43.1 Å². The van der Waals surface area contributed by atoms with E-state index in [9.17, 15) is 4.79 Å². The highest BCUT2D eigenvalue weighted by Crippen LogP contribution is 2.35. The fraction of sp³-hybridized carbons (Fsp3) is 0.0714. The van der Waals surface area contributed by atoms with E-state index in [0.717, 1.165) is 9.79 Å². The van der Waals surface area contributed by atoms with Gasteiger partial charge in [0.2, 0.25) is 0 Å². The molecular formula is C14H12ClNOS. The third-order valence-corrected chi connectivity index (χ3v) is 3.86. The molecule has 2 rings (SSSR count). The molecule has 0 saturated heterocycles. The maximum absolute atomic E-state index is 11.5. The molecule has 0 aliphatic rings. The van der Waals surface area contributed by atoms with Crippen molar-refractivity contribution in [2.45, 2.75) is 16.7 Å². The Labute approximate surface area is 115 Å². The summed E-state index contributed by atoms with van der Waals surface area (Å²) in [7, 11) is 0. The summed E-state index contributed by atoms with van der Waals surface area (Å²) in [6, 6.07) is 12.8. The van der Waals surface area contributed by atoms with Gasteiger partial charge in [-0.25, -0.2) is 0 Å². The number of nitrogen functional groups attached to an aromatic ring is 1. The molecule has 0 bridgehead atoms. The van der Waals surface area contributed by atoms with Crippen molar-refractivity contribution < 1.29 is 4.79 Å². The van der Waals surface area contributed by atoms with E-state index >= 15 is 0 Å². The molecule has 0 spiro atoms. The number of carbonyl (C=O) groups excluding carboxylic acids is 1. The lowest BCUT2D eigenvalue weighted by Gasteiger charge is -2.08. The number of hydrogen-bond donors (Lipinski definition) is 1. The predicted octanol–water partition coefficient (Wildman–Crippen LogP) is 4.28. The van der Waals surface area contributed by atoms with Crippen LogP contribution in [0.5, 0.6) is 0 Å². The van der Waals surface area contributed by atoms with Crippen molar-refractivity contribution >= 4 is 34.8 Å². The highest BCUT2D eigenvalue weighted by molar-refractivity contribution is 7.99. The lowest BCUT2D eigenvalue weighted by atomic mass is 10.1. The number of hydrogen-bond acceptors (Lipinski definition) is 3. The summed E-state index contributed by atoms with van der Waals surface area (Å²) < 4.78 is 0. The van der Waals surface area contributed by atoms with Gasteiger partial charge in [-0.15, -0.1) is 0 Å². The van der Waals surface area contributed by atoms with Crippen LogP contribution in [-0.2, 0) is 0 Å². The highest BCUT2D eigenvalue weighted by atomic mass is 35.5. The number of benzene rings is 2. The van der Waals surface area contributed by atoms with Gasteiger partial charge in [0.05, 0.1) is 0 Å². The summed E-state index contributed by atoms with van der Waals surface area (Å²) in [5.74, 6) is 0.0469. The fourth-order valence-electron chi connectivity index (χ4n) is 1.58. The first-order valence-electron chi connectivity index (χ1n) is 5.41. The normalized spacial score (nSPS) is 10.3. The van der Waals surface area contributed by atoms with E-state index < -0.39 is 0 Å². The van der Waals surface area contributed by atoms with E-state index in [1.165, 1.54) is 11.8 Å². The number of nitrogens with two attached hydrogens (primary N) is 1. The molecule has 0 aromatic heterocycles.